The van der Waals surface area contributed by atoms with Crippen molar-refractivity contribution in [3.63, 3.8) is 0 Å². The SMILES string of the molecule is [B]N1C=N[CH-][N+]1=C. The molecule has 4 heteroatoms. The predicted molar refractivity (Wildman–Crippen MR) is 27.8 cm³/mol. The number of hydrazone groups is 1. The minimum Gasteiger partial charge on any atom is -0.313 e. The zero-order valence-electron chi connectivity index (χ0n) is 3.78. The van der Waals surface area contributed by atoms with Crippen molar-refractivity contribution < 1.29 is 4.68 Å². The van der Waals surface area contributed by atoms with Crippen LogP contribution in [0.25, 0.3) is 0 Å². The Hall–Kier alpha value is -0.925. The van der Waals surface area contributed by atoms with E-state index in [1.807, 2.05) is 0 Å². The average Bonchev–Trinajstić information content (AvgIpc) is 1.91. The third-order valence-corrected chi connectivity index (χ3v) is 0.682. The highest BCUT2D eigenvalue weighted by atomic mass is 15.6. The summed E-state index contributed by atoms with van der Waals surface area (Å²) in [5, 5.41) is 0. The van der Waals surface area contributed by atoms with E-state index in [0.29, 0.717) is 0 Å². The first-order valence-electron chi connectivity index (χ1n) is 1.81. The van der Waals surface area contributed by atoms with Gasteiger partial charge in [-0.25, -0.2) is 0 Å². The van der Waals surface area contributed by atoms with Gasteiger partial charge in [-0.05, 0) is 6.72 Å². The smallest absolute Gasteiger partial charge is 0.274 e. The molecule has 0 unspecified atom stereocenters. The molecule has 3 nitrogen and oxygen atoms in total. The van der Waals surface area contributed by atoms with Crippen molar-refractivity contribution in [3.05, 3.63) is 6.67 Å². The number of aliphatic imine (C=N–C) groups is 1. The lowest BCUT2D eigenvalue weighted by Gasteiger charge is -2.08. The fraction of sp³-hybridized carbons (Fsp3) is 0. The van der Waals surface area contributed by atoms with Crippen LogP contribution >= 0.6 is 0 Å². The lowest BCUT2D eigenvalue weighted by atomic mass is 10.4. The summed E-state index contributed by atoms with van der Waals surface area (Å²) in [5.41, 5.74) is 0. The van der Waals surface area contributed by atoms with Crippen molar-refractivity contribution in [2.75, 3.05) is 0 Å². The van der Waals surface area contributed by atoms with Crippen molar-refractivity contribution in [1.82, 2.24) is 4.92 Å². The third-order valence-electron chi connectivity index (χ3n) is 0.682. The Bertz CT molecular complexity index is 119. The molecular formula is C3H4BN3. The van der Waals surface area contributed by atoms with Crippen molar-refractivity contribution in [1.29, 1.82) is 0 Å². The van der Waals surface area contributed by atoms with E-state index in [1.54, 1.807) is 0 Å². The molecule has 0 spiro atoms. The van der Waals surface area contributed by atoms with E-state index >= 15 is 0 Å². The van der Waals surface area contributed by atoms with Gasteiger partial charge in [0.2, 0.25) is 0 Å². The molecule has 0 bridgehead atoms. The van der Waals surface area contributed by atoms with E-state index in [2.05, 4.69) is 11.7 Å². The lowest BCUT2D eigenvalue weighted by molar-refractivity contribution is -0.584. The van der Waals surface area contributed by atoms with Crippen LogP contribution in [-0.2, 0) is 0 Å². The Morgan fingerprint density at radius 3 is 2.86 bits per heavy atom. The van der Waals surface area contributed by atoms with E-state index in [4.69, 9.17) is 7.98 Å². The molecule has 0 atom stereocenters. The van der Waals surface area contributed by atoms with Crippen LogP contribution in [0.4, 0.5) is 0 Å². The molecule has 0 saturated carbocycles. The second-order valence-corrected chi connectivity index (χ2v) is 1.20. The van der Waals surface area contributed by atoms with Crippen LogP contribution in [0.15, 0.2) is 4.99 Å². The van der Waals surface area contributed by atoms with E-state index in [9.17, 15) is 0 Å². The molecule has 0 aliphatic carbocycles. The van der Waals surface area contributed by atoms with Crippen LogP contribution < -0.4 is 0 Å². The molecule has 0 N–H and O–H groups in total. The van der Waals surface area contributed by atoms with Crippen LogP contribution in [0, 0.1) is 6.67 Å². The van der Waals surface area contributed by atoms with Gasteiger partial charge in [0.15, 0.2) is 6.67 Å². The molecule has 0 aromatic carbocycles. The maximum Gasteiger partial charge on any atom is 0.274 e. The quantitative estimate of drug-likeness (QED) is 0.217. The Kier molecular flexibility index (Phi) is 0.783. The Balaban J connectivity index is 2.62. The Morgan fingerprint density at radius 2 is 2.71 bits per heavy atom. The van der Waals surface area contributed by atoms with Gasteiger partial charge in [-0.3, -0.25) is 4.68 Å². The van der Waals surface area contributed by atoms with Crippen LogP contribution in [0.2, 0.25) is 0 Å². The van der Waals surface area contributed by atoms with E-state index < -0.39 is 0 Å². The van der Waals surface area contributed by atoms with Crippen molar-refractivity contribution in [2.24, 2.45) is 4.99 Å². The lowest BCUT2D eigenvalue weighted by Crippen LogP contribution is -2.22. The number of hydrazine groups is 1. The predicted octanol–water partition coefficient (Wildman–Crippen LogP) is -0.839. The largest absolute Gasteiger partial charge is 0.313 e. The zero-order chi connectivity index (χ0) is 5.28. The number of rotatable bonds is 0. The summed E-state index contributed by atoms with van der Waals surface area (Å²) in [7, 11) is 5.19. The van der Waals surface area contributed by atoms with Gasteiger partial charge < -0.3 is 4.92 Å². The van der Waals surface area contributed by atoms with Gasteiger partial charge in [-0.2, -0.15) is 4.99 Å². The molecule has 0 fully saturated rings. The first kappa shape index (κ1) is 4.24. The number of nitrogens with zero attached hydrogens (tertiary/aromatic N) is 3. The molecule has 1 aliphatic rings. The highest BCUT2D eigenvalue weighted by Gasteiger charge is 2.00. The third kappa shape index (κ3) is 0.583. The summed E-state index contributed by atoms with van der Waals surface area (Å²) >= 11 is 0. The Labute approximate surface area is 43.4 Å². The van der Waals surface area contributed by atoms with Gasteiger partial charge in [0.05, 0.1) is 0 Å². The van der Waals surface area contributed by atoms with E-state index in [0.717, 1.165) is 0 Å². The molecule has 0 aromatic heterocycles. The van der Waals surface area contributed by atoms with Gasteiger partial charge in [-0.15, -0.1) is 0 Å². The summed E-state index contributed by atoms with van der Waals surface area (Å²) < 4.78 is 1.42. The summed E-state index contributed by atoms with van der Waals surface area (Å²) in [6, 6.07) is 0. The van der Waals surface area contributed by atoms with Crippen molar-refractivity contribution in [2.45, 2.75) is 0 Å². The molecule has 1 heterocycles. The number of hydrogen-bond donors (Lipinski definition) is 0. The maximum absolute atomic E-state index is 5.19. The van der Waals surface area contributed by atoms with Crippen molar-refractivity contribution >= 4 is 21.0 Å². The van der Waals surface area contributed by atoms with Crippen molar-refractivity contribution in [3.8, 4) is 0 Å². The molecule has 34 valence electrons. The molecule has 2 radical (unpaired) electrons. The second-order valence-electron chi connectivity index (χ2n) is 1.20. The Morgan fingerprint density at radius 1 is 2.00 bits per heavy atom. The van der Waals surface area contributed by atoms with Gasteiger partial charge in [0.1, 0.15) is 6.34 Å². The molecule has 1 rings (SSSR count). The maximum atomic E-state index is 5.19. The summed E-state index contributed by atoms with van der Waals surface area (Å²) in [4.78, 5) is 4.94. The standard InChI is InChI=1S/C3H4BN3/c1-6-2-5-3-7(6)4/h2-3H,1H2. The topological polar surface area (TPSA) is 18.6 Å². The fourth-order valence-corrected chi connectivity index (χ4v) is 0.301. The van der Waals surface area contributed by atoms with E-state index in [1.165, 1.54) is 22.6 Å². The second kappa shape index (κ2) is 1.29. The highest BCUT2D eigenvalue weighted by Crippen LogP contribution is 1.91. The van der Waals surface area contributed by atoms with Crippen LogP contribution in [0.1, 0.15) is 0 Å². The summed E-state index contributed by atoms with van der Waals surface area (Å²) in [5.74, 6) is 0. The minimum atomic E-state index is 1.28. The van der Waals surface area contributed by atoms with Gasteiger partial charge >= 0.3 is 0 Å². The number of hydrogen-bond acceptors (Lipinski definition) is 2. The molecule has 0 aromatic rings. The van der Waals surface area contributed by atoms with Gasteiger partial charge in [0, 0.05) is 0 Å². The fourth-order valence-electron chi connectivity index (χ4n) is 0.301. The molecule has 7 heavy (non-hydrogen) atoms. The summed E-state index contributed by atoms with van der Waals surface area (Å²) in [6.45, 7) is 4.99. The highest BCUT2D eigenvalue weighted by molar-refractivity contribution is 6.09. The van der Waals surface area contributed by atoms with Crippen LogP contribution in [0.3, 0.4) is 0 Å². The average molecular weight is 92.9 g/mol. The van der Waals surface area contributed by atoms with Crippen LogP contribution in [-0.4, -0.2) is 30.6 Å². The molecular weight excluding hydrogens is 88.9 g/mol. The minimum absolute atomic E-state index is 1.28. The zero-order valence-corrected chi connectivity index (χ0v) is 3.78. The van der Waals surface area contributed by atoms with Crippen LogP contribution in [0.5, 0.6) is 0 Å². The molecule has 1 aliphatic heterocycles. The van der Waals surface area contributed by atoms with E-state index in [-0.39, 0.29) is 0 Å². The molecule has 0 amide bonds. The summed E-state index contributed by atoms with van der Waals surface area (Å²) in [6.07, 6.45) is 1.47. The monoisotopic (exact) mass is 93.0 g/mol. The normalized spacial score (nSPS) is 17.7. The first-order valence-corrected chi connectivity index (χ1v) is 1.81. The molecule has 0 saturated heterocycles. The van der Waals surface area contributed by atoms with Gasteiger partial charge in [0.25, 0.3) is 7.98 Å². The first-order chi connectivity index (χ1) is 3.30. The van der Waals surface area contributed by atoms with Gasteiger partial charge in [-0.1, -0.05) is 0 Å².